The van der Waals surface area contributed by atoms with Crippen molar-refractivity contribution in [3.63, 3.8) is 0 Å². The number of carbonyl (C=O) groups excluding carboxylic acids is 2. The molecule has 0 aliphatic carbocycles. The van der Waals surface area contributed by atoms with Gasteiger partial charge in [-0.15, -0.1) is 0 Å². The van der Waals surface area contributed by atoms with Crippen LogP contribution in [0.25, 0.3) is 0 Å². The summed E-state index contributed by atoms with van der Waals surface area (Å²) in [7, 11) is 0. The molecule has 22 heavy (non-hydrogen) atoms. The van der Waals surface area contributed by atoms with Crippen molar-refractivity contribution in [1.82, 2.24) is 5.06 Å². The average molecular weight is 371 g/mol. The van der Waals surface area contributed by atoms with E-state index in [0.717, 1.165) is 30.2 Å². The summed E-state index contributed by atoms with van der Waals surface area (Å²) < 4.78 is 0. The third-order valence-electron chi connectivity index (χ3n) is 3.09. The number of rotatable bonds is 11. The van der Waals surface area contributed by atoms with Crippen LogP contribution in [-0.2, 0) is 21.0 Å². The molecule has 0 saturated heterocycles. The third-order valence-corrected chi connectivity index (χ3v) is 3.65. The number of halogens is 1. The molecule has 0 atom stereocenters. The maximum absolute atomic E-state index is 12.2. The number of hydrogen-bond acceptors (Lipinski definition) is 3. The van der Waals surface area contributed by atoms with E-state index in [1.165, 1.54) is 5.06 Å². The number of carbonyl (C=O) groups is 2. The van der Waals surface area contributed by atoms with Crippen LogP contribution in [0, 0.1) is 0 Å². The molecule has 1 aromatic rings. The van der Waals surface area contributed by atoms with Gasteiger partial charge >= 0.3 is 0 Å². The standard InChI is InChI=1S/C16H23BrN2O3/c17-11-6-2-5-9-16(21)19(12-10-15(18)20)22-13-14-7-3-1-4-8-14/h1,3-4,7-8H,2,5-6,9-13H2,(H2,18,20). The minimum absolute atomic E-state index is 0.0991. The van der Waals surface area contributed by atoms with Crippen LogP contribution >= 0.6 is 15.9 Å². The van der Waals surface area contributed by atoms with Crippen LogP contribution in [0.1, 0.15) is 37.7 Å². The fourth-order valence-corrected chi connectivity index (χ4v) is 2.27. The van der Waals surface area contributed by atoms with Crippen LogP contribution in [0.4, 0.5) is 0 Å². The van der Waals surface area contributed by atoms with Gasteiger partial charge in [-0.3, -0.25) is 14.4 Å². The predicted molar refractivity (Wildman–Crippen MR) is 89.0 cm³/mol. The summed E-state index contributed by atoms with van der Waals surface area (Å²) in [6, 6.07) is 9.59. The molecule has 0 fully saturated rings. The minimum Gasteiger partial charge on any atom is -0.370 e. The molecule has 0 aliphatic heterocycles. The number of primary amides is 1. The van der Waals surface area contributed by atoms with Gasteiger partial charge in [0.2, 0.25) is 11.8 Å². The van der Waals surface area contributed by atoms with Crippen molar-refractivity contribution in [1.29, 1.82) is 0 Å². The molecule has 0 unspecified atom stereocenters. The first-order chi connectivity index (χ1) is 10.6. The van der Waals surface area contributed by atoms with E-state index in [0.29, 0.717) is 13.0 Å². The summed E-state index contributed by atoms with van der Waals surface area (Å²) in [4.78, 5) is 28.7. The number of hydrogen-bond donors (Lipinski definition) is 1. The van der Waals surface area contributed by atoms with Crippen molar-refractivity contribution in [3.05, 3.63) is 35.9 Å². The summed E-state index contributed by atoms with van der Waals surface area (Å²) >= 11 is 3.37. The average Bonchev–Trinajstić information content (AvgIpc) is 2.52. The number of amides is 2. The highest BCUT2D eigenvalue weighted by Crippen LogP contribution is 2.09. The normalized spacial score (nSPS) is 10.4. The van der Waals surface area contributed by atoms with Crippen molar-refractivity contribution < 1.29 is 14.4 Å². The van der Waals surface area contributed by atoms with Gasteiger partial charge < -0.3 is 5.73 Å². The number of hydroxylamine groups is 2. The topological polar surface area (TPSA) is 72.6 Å². The maximum Gasteiger partial charge on any atom is 0.246 e. The Morgan fingerprint density at radius 1 is 1.09 bits per heavy atom. The molecule has 1 rings (SSSR count). The van der Waals surface area contributed by atoms with E-state index in [1.807, 2.05) is 30.3 Å². The summed E-state index contributed by atoms with van der Waals surface area (Å²) in [6.07, 6.45) is 3.35. The second-order valence-corrected chi connectivity index (χ2v) is 5.76. The molecular weight excluding hydrogens is 348 g/mol. The third kappa shape index (κ3) is 8.14. The van der Waals surface area contributed by atoms with Gasteiger partial charge in [-0.05, 0) is 18.4 Å². The summed E-state index contributed by atoms with van der Waals surface area (Å²) in [5, 5.41) is 2.21. The number of nitrogens with zero attached hydrogens (tertiary/aromatic N) is 1. The minimum atomic E-state index is -0.444. The fraction of sp³-hybridized carbons (Fsp3) is 0.500. The van der Waals surface area contributed by atoms with Crippen molar-refractivity contribution in [2.24, 2.45) is 5.73 Å². The van der Waals surface area contributed by atoms with E-state index < -0.39 is 5.91 Å². The van der Waals surface area contributed by atoms with Crippen molar-refractivity contribution in [2.75, 3.05) is 11.9 Å². The SMILES string of the molecule is NC(=O)CCN(OCc1ccccc1)C(=O)CCCCCBr. The summed E-state index contributed by atoms with van der Waals surface area (Å²) in [5.41, 5.74) is 6.12. The molecule has 122 valence electrons. The molecule has 0 aliphatic rings. The number of nitrogens with two attached hydrogens (primary N) is 1. The Hall–Kier alpha value is -1.40. The van der Waals surface area contributed by atoms with Crippen molar-refractivity contribution >= 4 is 27.7 Å². The second kappa shape index (κ2) is 11.2. The number of benzene rings is 1. The Labute approximate surface area is 139 Å². The first-order valence-corrected chi connectivity index (χ1v) is 8.57. The maximum atomic E-state index is 12.2. The van der Waals surface area contributed by atoms with Gasteiger partial charge in [0.15, 0.2) is 0 Å². The fourth-order valence-electron chi connectivity index (χ4n) is 1.87. The molecule has 0 spiro atoms. The lowest BCUT2D eigenvalue weighted by atomic mass is 10.2. The highest BCUT2D eigenvalue weighted by Gasteiger charge is 2.15. The molecule has 0 radical (unpaired) electrons. The molecule has 0 heterocycles. The van der Waals surface area contributed by atoms with Gasteiger partial charge in [0.1, 0.15) is 6.61 Å². The van der Waals surface area contributed by atoms with Crippen LogP contribution in [0.3, 0.4) is 0 Å². The first kappa shape index (κ1) is 18.6. The van der Waals surface area contributed by atoms with Gasteiger partial charge in [0, 0.05) is 18.2 Å². The second-order valence-electron chi connectivity index (χ2n) is 4.97. The van der Waals surface area contributed by atoms with Crippen molar-refractivity contribution in [2.45, 2.75) is 38.7 Å². The van der Waals surface area contributed by atoms with E-state index in [2.05, 4.69) is 15.9 Å². The molecule has 6 heteroatoms. The lowest BCUT2D eigenvalue weighted by Gasteiger charge is -2.21. The zero-order valence-electron chi connectivity index (χ0n) is 12.7. The Morgan fingerprint density at radius 3 is 2.45 bits per heavy atom. The Balaban J connectivity index is 2.47. The highest BCUT2D eigenvalue weighted by atomic mass is 79.9. The Morgan fingerprint density at radius 2 is 1.82 bits per heavy atom. The Bertz CT molecular complexity index is 454. The largest absolute Gasteiger partial charge is 0.370 e. The van der Waals surface area contributed by atoms with Gasteiger partial charge in [0.05, 0.1) is 6.54 Å². The smallest absolute Gasteiger partial charge is 0.246 e. The lowest BCUT2D eigenvalue weighted by Crippen LogP contribution is -2.34. The molecule has 2 N–H and O–H groups in total. The Kier molecular flexibility index (Phi) is 9.50. The molecule has 5 nitrogen and oxygen atoms in total. The monoisotopic (exact) mass is 370 g/mol. The van der Waals surface area contributed by atoms with Gasteiger partial charge in [0.25, 0.3) is 0 Å². The van der Waals surface area contributed by atoms with Crippen LogP contribution in [0.5, 0.6) is 0 Å². The predicted octanol–water partition coefficient (Wildman–Crippen LogP) is 2.78. The van der Waals surface area contributed by atoms with E-state index in [9.17, 15) is 9.59 Å². The van der Waals surface area contributed by atoms with Crippen LogP contribution < -0.4 is 5.73 Å². The van der Waals surface area contributed by atoms with Gasteiger partial charge in [-0.1, -0.05) is 52.7 Å². The van der Waals surface area contributed by atoms with E-state index >= 15 is 0 Å². The highest BCUT2D eigenvalue weighted by molar-refractivity contribution is 9.09. The van der Waals surface area contributed by atoms with Gasteiger partial charge in [-0.25, -0.2) is 5.06 Å². The number of alkyl halides is 1. The van der Waals surface area contributed by atoms with E-state index in [-0.39, 0.29) is 18.9 Å². The lowest BCUT2D eigenvalue weighted by molar-refractivity contribution is -0.192. The summed E-state index contributed by atoms with van der Waals surface area (Å²) in [5.74, 6) is -0.549. The van der Waals surface area contributed by atoms with Gasteiger partial charge in [-0.2, -0.15) is 0 Å². The first-order valence-electron chi connectivity index (χ1n) is 7.45. The van der Waals surface area contributed by atoms with E-state index in [1.54, 1.807) is 0 Å². The zero-order chi connectivity index (χ0) is 16.2. The molecular formula is C16H23BrN2O3. The van der Waals surface area contributed by atoms with Crippen LogP contribution in [0.2, 0.25) is 0 Å². The van der Waals surface area contributed by atoms with Crippen molar-refractivity contribution in [3.8, 4) is 0 Å². The zero-order valence-corrected chi connectivity index (χ0v) is 14.3. The molecule has 0 saturated carbocycles. The molecule has 0 bridgehead atoms. The quantitative estimate of drug-likeness (QED) is 0.369. The summed E-state index contributed by atoms with van der Waals surface area (Å²) in [6.45, 7) is 0.492. The number of unbranched alkanes of at least 4 members (excludes halogenated alkanes) is 2. The molecule has 0 aromatic heterocycles. The molecule has 1 aromatic carbocycles. The van der Waals surface area contributed by atoms with Crippen LogP contribution in [-0.4, -0.2) is 28.8 Å². The van der Waals surface area contributed by atoms with E-state index in [4.69, 9.17) is 10.6 Å². The van der Waals surface area contributed by atoms with Crippen LogP contribution in [0.15, 0.2) is 30.3 Å². The molecule has 2 amide bonds.